The van der Waals surface area contributed by atoms with Crippen molar-refractivity contribution < 1.29 is 74.5 Å². The van der Waals surface area contributed by atoms with E-state index in [4.69, 9.17) is 10.1 Å². The van der Waals surface area contributed by atoms with Gasteiger partial charge in [0.05, 0.1) is 41.5 Å². The van der Waals surface area contributed by atoms with Crippen LogP contribution in [0.25, 0.3) is 27.1 Å². The summed E-state index contributed by atoms with van der Waals surface area (Å²) in [5.74, 6) is -1.30. The molecule has 0 unspecified atom stereocenters. The number of aromatic nitrogens is 1. The zero-order valence-electron chi connectivity index (χ0n) is 46.9. The van der Waals surface area contributed by atoms with Crippen LogP contribution in [0.3, 0.4) is 0 Å². The van der Waals surface area contributed by atoms with Crippen LogP contribution in [0.4, 0.5) is 11.4 Å². The third-order valence-electron chi connectivity index (χ3n) is 15.1. The van der Waals surface area contributed by atoms with Gasteiger partial charge in [0, 0.05) is 89.9 Å². The molecule has 2 amide bonds. The molecule has 0 saturated carbocycles. The maximum Gasteiger partial charge on any atom is 0.295 e. The molecule has 7 N–H and O–H groups in total. The van der Waals surface area contributed by atoms with E-state index < -0.39 is 82.8 Å². The second-order valence-corrected chi connectivity index (χ2v) is 29.1. The second kappa shape index (κ2) is 24.4. The highest BCUT2D eigenvalue weighted by atomic mass is 32.2. The van der Waals surface area contributed by atoms with Crippen LogP contribution in [0.5, 0.6) is 0 Å². The van der Waals surface area contributed by atoms with Crippen molar-refractivity contribution in [3.05, 3.63) is 155 Å². The molecule has 85 heavy (non-hydrogen) atoms. The highest BCUT2D eigenvalue weighted by Gasteiger charge is 2.46. The molecule has 27 heteroatoms. The molecule has 2 aliphatic heterocycles. The van der Waals surface area contributed by atoms with Gasteiger partial charge >= 0.3 is 0 Å². The number of primary sulfonamides is 1. The van der Waals surface area contributed by atoms with Crippen LogP contribution in [0.2, 0.25) is 0 Å². The van der Waals surface area contributed by atoms with E-state index in [1.54, 1.807) is 60.7 Å². The standard InChI is InChI=1S/C58H64N6O16S5/c1-6-29-63-49-25-22-44-46(33-43(84(75,76)77)34-50(44)85(78,79)80)55(49)58(4,5)51(63)26-17-39(47-23-15-40(36-61-47)56(66)60-28-9-7-8-11-53(65)62-35-37-12-19-41(20-13-37)82(59,70)71)18-27-52-57(2,3)54-45-32-42(83(72,73)74)21-14-38(45)16-24-48(54)64(52)30-10-31-81(67,68)69/h12-27,32-34,36H,6-11,28-31,35H2,1-5H3,(H7-,59,60,62,65,66,67,68,69,70,71,72,73,74,75,76,77,78,79,80). The smallest absolute Gasteiger partial charge is 0.295 e. The zero-order chi connectivity index (χ0) is 62.2. The molecule has 5 aromatic carbocycles. The molecule has 6 aromatic rings. The Hall–Kier alpha value is -7.05. The predicted molar refractivity (Wildman–Crippen MR) is 320 cm³/mol. The number of hydrogen-bond donors (Lipinski definition) is 6. The predicted octanol–water partition coefficient (Wildman–Crippen LogP) is 7.43. The van der Waals surface area contributed by atoms with E-state index in [0.717, 1.165) is 6.07 Å². The van der Waals surface area contributed by atoms with Crippen LogP contribution in [0.15, 0.2) is 147 Å². The second-order valence-electron chi connectivity index (χ2n) is 21.8. The number of nitrogens with one attached hydrogen (secondary N) is 2. The summed E-state index contributed by atoms with van der Waals surface area (Å²) in [7, 11) is -23.1. The van der Waals surface area contributed by atoms with Crippen molar-refractivity contribution >= 4 is 107 Å². The number of anilines is 1. The van der Waals surface area contributed by atoms with E-state index in [9.17, 15) is 69.9 Å². The topological polar surface area (TPSA) is 358 Å². The van der Waals surface area contributed by atoms with Crippen LogP contribution in [-0.2, 0) is 72.7 Å². The van der Waals surface area contributed by atoms with Gasteiger partial charge in [0.2, 0.25) is 21.6 Å². The van der Waals surface area contributed by atoms with Gasteiger partial charge in [-0.1, -0.05) is 57.5 Å². The highest BCUT2D eigenvalue weighted by Crippen LogP contribution is 2.52. The van der Waals surface area contributed by atoms with E-state index in [0.29, 0.717) is 99.8 Å². The number of unbranched alkanes of at least 4 members (excludes halogenated alkanes) is 2. The third-order valence-corrected chi connectivity index (χ3v) is 19.4. The van der Waals surface area contributed by atoms with Crippen molar-refractivity contribution in [3.63, 3.8) is 0 Å². The van der Waals surface area contributed by atoms with Crippen molar-refractivity contribution in [2.45, 2.75) is 110 Å². The molecule has 0 aliphatic carbocycles. The third kappa shape index (κ3) is 14.3. The first-order valence-electron chi connectivity index (χ1n) is 26.8. The molecule has 0 spiro atoms. The van der Waals surface area contributed by atoms with Gasteiger partial charge < -0.3 is 20.1 Å². The summed E-state index contributed by atoms with van der Waals surface area (Å²) < 4.78 is 167. The van der Waals surface area contributed by atoms with Gasteiger partial charge in [0.15, 0.2) is 5.71 Å². The molecule has 8 rings (SSSR count). The van der Waals surface area contributed by atoms with Gasteiger partial charge in [0.25, 0.3) is 36.3 Å². The summed E-state index contributed by atoms with van der Waals surface area (Å²) in [6.07, 6.45) is 11.0. The maximum absolute atomic E-state index is 13.5. The fourth-order valence-corrected chi connectivity index (χ4v) is 13.9. The summed E-state index contributed by atoms with van der Waals surface area (Å²) in [4.78, 5) is 30.9. The number of carbonyl (C=O) groups excluding carboxylic acids is 2. The lowest BCUT2D eigenvalue weighted by Crippen LogP contribution is -2.28. The maximum atomic E-state index is 13.5. The van der Waals surface area contributed by atoms with Crippen molar-refractivity contribution in [3.8, 4) is 0 Å². The molecule has 452 valence electrons. The number of fused-ring (bicyclic) bond motifs is 6. The van der Waals surface area contributed by atoms with Gasteiger partial charge in [-0.3, -0.25) is 28.2 Å². The van der Waals surface area contributed by atoms with Crippen molar-refractivity contribution in [1.29, 1.82) is 0 Å². The Morgan fingerprint density at radius 2 is 1.39 bits per heavy atom. The summed E-state index contributed by atoms with van der Waals surface area (Å²) in [5.41, 5.74) is 3.32. The number of nitrogens with zero attached hydrogens (tertiary/aromatic N) is 3. The van der Waals surface area contributed by atoms with Gasteiger partial charge in [-0.25, -0.2) is 22.0 Å². The van der Waals surface area contributed by atoms with E-state index in [2.05, 4.69) is 10.6 Å². The molecule has 0 bridgehead atoms. The van der Waals surface area contributed by atoms with Crippen LogP contribution >= 0.6 is 0 Å². The molecule has 0 saturated heterocycles. The van der Waals surface area contributed by atoms with E-state index in [-0.39, 0.29) is 64.5 Å². The molecule has 0 radical (unpaired) electrons. The largest absolute Gasteiger partial charge is 0.748 e. The van der Waals surface area contributed by atoms with Crippen LogP contribution in [0, 0.1) is 0 Å². The number of sulfonamides is 1. The number of nitrogens with two attached hydrogens (primary N) is 1. The average Bonchev–Trinajstić information content (AvgIpc) is 1.77. The van der Waals surface area contributed by atoms with Crippen LogP contribution in [0.1, 0.15) is 106 Å². The van der Waals surface area contributed by atoms with E-state index >= 15 is 0 Å². The zero-order valence-corrected chi connectivity index (χ0v) is 51.0. The number of benzene rings is 5. The number of allylic oxidation sites excluding steroid dienone is 6. The molecule has 0 fully saturated rings. The summed E-state index contributed by atoms with van der Waals surface area (Å²) in [6, 6.07) is 21.8. The number of carbonyl (C=O) groups is 2. The lowest BCUT2D eigenvalue weighted by atomic mass is 9.79. The van der Waals surface area contributed by atoms with E-state index in [1.807, 2.05) is 56.2 Å². The first-order valence-corrected chi connectivity index (χ1v) is 34.3. The lowest BCUT2D eigenvalue weighted by molar-refractivity contribution is -0.437. The van der Waals surface area contributed by atoms with Crippen molar-refractivity contribution in [2.24, 2.45) is 5.14 Å². The first-order chi connectivity index (χ1) is 39.6. The minimum Gasteiger partial charge on any atom is -0.748 e. The Morgan fingerprint density at radius 1 is 0.718 bits per heavy atom. The number of amides is 2. The number of rotatable bonds is 23. The first kappa shape index (κ1) is 64.0. The Morgan fingerprint density at radius 3 is 2.01 bits per heavy atom. The molecule has 2 aliphatic rings. The molecule has 3 heterocycles. The summed E-state index contributed by atoms with van der Waals surface area (Å²) >= 11 is 0. The minimum atomic E-state index is -5.02. The SMILES string of the molecule is CCCN1/C(=C/C=C(/C=C/C2=[N+](CCCS(=O)(=O)[O-])c3ccc4ccc(S(=O)(=O)O)cc4c3C2(C)C)c2ccc(C(=O)NCCCCCC(=O)NCc3ccc(S(N)(=O)=O)cc3)cn2)C(C)(C)c2c1ccc1c(S(=O)(=O)O)cc(S(=O)(=O)O)cc21. The van der Waals surface area contributed by atoms with Crippen molar-refractivity contribution in [2.75, 3.05) is 30.3 Å². The van der Waals surface area contributed by atoms with Gasteiger partial charge in [-0.05, 0) is 133 Å². The normalized spacial score (nSPS) is 16.0. The molecular weight excluding hydrogens is 1200 g/mol. The Bertz CT molecular complexity index is 4410. The van der Waals surface area contributed by atoms with Crippen LogP contribution in [-0.4, -0.2) is 113 Å². The van der Waals surface area contributed by atoms with E-state index in [1.165, 1.54) is 36.5 Å². The minimum absolute atomic E-state index is 0.0106. The fraction of sp³-hybridized carbons (Fsp3) is 0.310. The van der Waals surface area contributed by atoms with Gasteiger partial charge in [-0.2, -0.15) is 29.8 Å². The number of hydrogen-bond acceptors (Lipinski definition) is 15. The quantitative estimate of drug-likeness (QED) is 0.0157. The van der Waals surface area contributed by atoms with Crippen molar-refractivity contribution in [1.82, 2.24) is 15.6 Å². The van der Waals surface area contributed by atoms with Gasteiger partial charge in [0.1, 0.15) is 11.4 Å². The monoisotopic (exact) mass is 1260 g/mol. The van der Waals surface area contributed by atoms with Crippen LogP contribution < -0.4 is 20.7 Å². The summed E-state index contributed by atoms with van der Waals surface area (Å²) in [5, 5.41) is 12.1. The molecule has 1 aromatic heterocycles. The Labute approximate surface area is 494 Å². The average molecular weight is 1260 g/mol. The van der Waals surface area contributed by atoms with Gasteiger partial charge in [-0.15, -0.1) is 0 Å². The highest BCUT2D eigenvalue weighted by molar-refractivity contribution is 7.89. The molecule has 0 atom stereocenters. The Balaban J connectivity index is 1.14. The lowest BCUT2D eigenvalue weighted by Gasteiger charge is -2.27. The number of pyridine rings is 1. The summed E-state index contributed by atoms with van der Waals surface area (Å²) in [6.45, 7) is 10.4. The fourth-order valence-electron chi connectivity index (χ4n) is 11.1. The molecule has 22 nitrogen and oxygen atoms in total. The molecular formula is C58H64N6O16S5. The Kier molecular flexibility index (Phi) is 18.3.